The molecule has 22 heavy (non-hydrogen) atoms. The third kappa shape index (κ3) is 3.90. The summed E-state index contributed by atoms with van der Waals surface area (Å²) >= 11 is 5.96. The minimum Gasteiger partial charge on any atom is -0.490 e. The summed E-state index contributed by atoms with van der Waals surface area (Å²) in [5.41, 5.74) is 0.342. The van der Waals surface area contributed by atoms with E-state index in [1.807, 2.05) is 0 Å². The summed E-state index contributed by atoms with van der Waals surface area (Å²) < 4.78 is 10.5. The molecule has 0 saturated carbocycles. The fourth-order valence-electron chi connectivity index (χ4n) is 2.35. The molecule has 0 radical (unpaired) electrons. The first-order chi connectivity index (χ1) is 10.5. The quantitative estimate of drug-likeness (QED) is 0.808. The Labute approximate surface area is 133 Å². The van der Waals surface area contributed by atoms with Crippen molar-refractivity contribution in [3.8, 4) is 5.75 Å². The van der Waals surface area contributed by atoms with E-state index in [-0.39, 0.29) is 12.5 Å². The van der Waals surface area contributed by atoms with Gasteiger partial charge in [0.05, 0.1) is 18.1 Å². The number of halogens is 1. The number of rotatable bonds is 6. The summed E-state index contributed by atoms with van der Waals surface area (Å²) in [5, 5.41) is 9.45. The summed E-state index contributed by atoms with van der Waals surface area (Å²) in [6.07, 6.45) is 0.460. The van der Waals surface area contributed by atoms with Gasteiger partial charge in [-0.3, -0.25) is 9.59 Å². The van der Waals surface area contributed by atoms with Crippen LogP contribution in [0.1, 0.15) is 16.8 Å². The van der Waals surface area contributed by atoms with Crippen LogP contribution in [0.2, 0.25) is 5.02 Å². The highest BCUT2D eigenvalue weighted by Gasteiger charge is 2.32. The van der Waals surface area contributed by atoms with Crippen molar-refractivity contribution in [2.24, 2.45) is 5.92 Å². The van der Waals surface area contributed by atoms with Gasteiger partial charge in [-0.1, -0.05) is 11.6 Å². The first-order valence-electron chi connectivity index (χ1n) is 6.96. The molecule has 1 aromatic rings. The van der Waals surface area contributed by atoms with Crippen LogP contribution in [0.5, 0.6) is 5.75 Å². The molecule has 1 aromatic carbocycles. The first kappa shape index (κ1) is 16.6. The van der Waals surface area contributed by atoms with E-state index in [4.69, 9.17) is 26.2 Å². The Kier molecular flexibility index (Phi) is 5.63. The van der Waals surface area contributed by atoms with Crippen LogP contribution in [0.3, 0.4) is 0 Å². The smallest absolute Gasteiger partial charge is 0.308 e. The van der Waals surface area contributed by atoms with Crippen LogP contribution in [0, 0.1) is 5.92 Å². The number of amides is 1. The average molecular weight is 328 g/mol. The Bertz CT molecular complexity index is 563. The number of carboxylic acids is 1. The number of aliphatic carboxylic acids is 1. The summed E-state index contributed by atoms with van der Waals surface area (Å²) in [7, 11) is 1.56. The van der Waals surface area contributed by atoms with E-state index in [2.05, 4.69) is 0 Å². The molecule has 1 atom stereocenters. The van der Waals surface area contributed by atoms with Crippen molar-refractivity contribution < 1.29 is 24.2 Å². The molecule has 1 N–H and O–H groups in total. The molecule has 1 saturated heterocycles. The maximum Gasteiger partial charge on any atom is 0.308 e. The number of nitrogens with zero attached hydrogens (tertiary/aromatic N) is 1. The molecule has 1 aliphatic rings. The Morgan fingerprint density at radius 2 is 2.18 bits per heavy atom. The topological polar surface area (TPSA) is 76.1 Å². The maximum absolute atomic E-state index is 12.6. The monoisotopic (exact) mass is 327 g/mol. The highest BCUT2D eigenvalue weighted by Crippen LogP contribution is 2.27. The Morgan fingerprint density at radius 1 is 1.41 bits per heavy atom. The number of methoxy groups -OCH3 is 1. The molecule has 6 nitrogen and oxygen atoms in total. The second-order valence-corrected chi connectivity index (χ2v) is 5.49. The van der Waals surface area contributed by atoms with Crippen LogP contribution < -0.4 is 4.74 Å². The lowest BCUT2D eigenvalue weighted by atomic mass is 10.1. The number of carbonyl (C=O) groups excluding carboxylic acids is 1. The largest absolute Gasteiger partial charge is 0.490 e. The van der Waals surface area contributed by atoms with Crippen LogP contribution >= 0.6 is 11.6 Å². The molecule has 1 heterocycles. The second kappa shape index (κ2) is 7.47. The van der Waals surface area contributed by atoms with Gasteiger partial charge in [-0.05, 0) is 24.6 Å². The van der Waals surface area contributed by atoms with Gasteiger partial charge in [0.1, 0.15) is 12.4 Å². The van der Waals surface area contributed by atoms with Gasteiger partial charge in [-0.15, -0.1) is 0 Å². The molecule has 0 bridgehead atoms. The summed E-state index contributed by atoms with van der Waals surface area (Å²) in [4.78, 5) is 25.1. The van der Waals surface area contributed by atoms with Crippen molar-refractivity contribution in [2.75, 3.05) is 33.4 Å². The van der Waals surface area contributed by atoms with Gasteiger partial charge in [-0.25, -0.2) is 0 Å². The van der Waals surface area contributed by atoms with Crippen molar-refractivity contribution in [3.63, 3.8) is 0 Å². The number of ether oxygens (including phenoxy) is 2. The second-order valence-electron chi connectivity index (χ2n) is 5.06. The molecule has 0 spiro atoms. The zero-order valence-corrected chi connectivity index (χ0v) is 13.0. The van der Waals surface area contributed by atoms with Gasteiger partial charge < -0.3 is 19.5 Å². The SMILES string of the molecule is COCCOc1ccc(Cl)cc1C(=O)N1CC[C@@H](C(=O)O)C1. The van der Waals surface area contributed by atoms with Gasteiger partial charge in [-0.2, -0.15) is 0 Å². The molecular weight excluding hydrogens is 310 g/mol. The lowest BCUT2D eigenvalue weighted by molar-refractivity contribution is -0.141. The summed E-state index contributed by atoms with van der Waals surface area (Å²) in [6.45, 7) is 1.34. The van der Waals surface area contributed by atoms with Gasteiger partial charge in [0, 0.05) is 25.2 Å². The minimum atomic E-state index is -0.877. The molecule has 2 rings (SSSR count). The standard InChI is InChI=1S/C15H18ClNO5/c1-21-6-7-22-13-3-2-11(16)8-12(13)14(18)17-5-4-10(9-17)15(19)20/h2-3,8,10H,4-7,9H2,1H3,(H,19,20)/t10-/m1/s1. The fraction of sp³-hybridized carbons (Fsp3) is 0.467. The van der Waals surface area contributed by atoms with Crippen molar-refractivity contribution in [1.82, 2.24) is 4.90 Å². The molecule has 0 unspecified atom stereocenters. The summed E-state index contributed by atoms with van der Waals surface area (Å²) in [6, 6.07) is 4.82. The van der Waals surface area contributed by atoms with Crippen LogP contribution in [-0.4, -0.2) is 55.3 Å². The Hall–Kier alpha value is -1.79. The van der Waals surface area contributed by atoms with E-state index in [1.54, 1.807) is 25.3 Å². The average Bonchev–Trinajstić information content (AvgIpc) is 2.98. The summed E-state index contributed by atoms with van der Waals surface area (Å²) in [5.74, 6) is -1.23. The van der Waals surface area contributed by atoms with Gasteiger partial charge in [0.15, 0.2) is 0 Å². The first-order valence-corrected chi connectivity index (χ1v) is 7.34. The van der Waals surface area contributed by atoms with E-state index < -0.39 is 11.9 Å². The molecule has 0 aliphatic carbocycles. The lowest BCUT2D eigenvalue weighted by Gasteiger charge is -2.18. The van der Waals surface area contributed by atoms with E-state index in [0.717, 1.165) is 0 Å². The van der Waals surface area contributed by atoms with Gasteiger partial charge in [0.2, 0.25) is 0 Å². The zero-order valence-electron chi connectivity index (χ0n) is 12.3. The Balaban J connectivity index is 2.14. The van der Waals surface area contributed by atoms with Crippen LogP contribution in [0.25, 0.3) is 0 Å². The van der Waals surface area contributed by atoms with Crippen molar-refractivity contribution >= 4 is 23.5 Å². The highest BCUT2D eigenvalue weighted by molar-refractivity contribution is 6.31. The molecule has 7 heteroatoms. The maximum atomic E-state index is 12.6. The predicted molar refractivity (Wildman–Crippen MR) is 80.5 cm³/mol. The molecule has 1 aliphatic heterocycles. The zero-order chi connectivity index (χ0) is 16.1. The third-order valence-corrected chi connectivity index (χ3v) is 3.78. The van der Waals surface area contributed by atoms with Gasteiger partial charge in [0.25, 0.3) is 5.91 Å². The number of benzene rings is 1. The van der Waals surface area contributed by atoms with Crippen molar-refractivity contribution in [1.29, 1.82) is 0 Å². The van der Waals surface area contributed by atoms with Crippen molar-refractivity contribution in [2.45, 2.75) is 6.42 Å². The third-order valence-electron chi connectivity index (χ3n) is 3.54. The minimum absolute atomic E-state index is 0.207. The fourth-order valence-corrected chi connectivity index (χ4v) is 2.52. The van der Waals surface area contributed by atoms with Gasteiger partial charge >= 0.3 is 5.97 Å². The highest BCUT2D eigenvalue weighted by atomic mass is 35.5. The van der Waals surface area contributed by atoms with Crippen LogP contribution in [0.15, 0.2) is 18.2 Å². The normalized spacial score (nSPS) is 17.5. The lowest BCUT2D eigenvalue weighted by Crippen LogP contribution is -2.30. The number of carboxylic acid groups (broad SMARTS) is 1. The van der Waals surface area contributed by atoms with E-state index >= 15 is 0 Å². The number of likely N-dealkylation sites (tertiary alicyclic amines) is 1. The molecule has 120 valence electrons. The molecular formula is C15H18ClNO5. The predicted octanol–water partition coefficient (Wildman–Crippen LogP) is 1.91. The van der Waals surface area contributed by atoms with Crippen molar-refractivity contribution in [3.05, 3.63) is 28.8 Å². The van der Waals surface area contributed by atoms with Crippen LogP contribution in [-0.2, 0) is 9.53 Å². The number of hydrogen-bond donors (Lipinski definition) is 1. The molecule has 1 fully saturated rings. The number of carbonyl (C=O) groups is 2. The van der Waals surface area contributed by atoms with E-state index in [0.29, 0.717) is 42.5 Å². The Morgan fingerprint density at radius 3 is 2.82 bits per heavy atom. The molecule has 0 aromatic heterocycles. The van der Waals surface area contributed by atoms with E-state index in [1.165, 1.54) is 4.90 Å². The number of hydrogen-bond acceptors (Lipinski definition) is 4. The van der Waals surface area contributed by atoms with Crippen LogP contribution in [0.4, 0.5) is 0 Å². The van der Waals surface area contributed by atoms with E-state index in [9.17, 15) is 9.59 Å². The molecule has 1 amide bonds.